The average Bonchev–Trinajstić information content (AvgIpc) is 2.43. The summed E-state index contributed by atoms with van der Waals surface area (Å²) in [4.78, 5) is 3.93. The molecule has 0 fully saturated rings. The molecule has 2 rings (SSSR count). The van der Waals surface area contributed by atoms with Crippen LogP contribution in [0.25, 0.3) is 0 Å². The van der Waals surface area contributed by atoms with Crippen LogP contribution in [0.2, 0.25) is 0 Å². The average molecular weight is 371 g/mol. The number of alkyl halides is 6. The van der Waals surface area contributed by atoms with Crippen LogP contribution in [0.15, 0.2) is 6.07 Å². The van der Waals surface area contributed by atoms with Gasteiger partial charge < -0.3 is 15.4 Å². The van der Waals surface area contributed by atoms with Gasteiger partial charge >= 0.3 is 12.6 Å². The fraction of sp³-hybridized carbons (Fsp3) is 0.667. The second-order valence-corrected chi connectivity index (χ2v) is 6.85. The van der Waals surface area contributed by atoms with Gasteiger partial charge in [0.2, 0.25) is 5.88 Å². The van der Waals surface area contributed by atoms with Crippen molar-refractivity contribution in [3.63, 3.8) is 0 Å². The van der Waals surface area contributed by atoms with E-state index in [1.165, 1.54) is 0 Å². The number of pyridine rings is 1. The number of anilines is 2. The fourth-order valence-electron chi connectivity index (χ4n) is 2.40. The Balaban J connectivity index is 2.39. The topological polar surface area (TPSA) is 46.2 Å². The van der Waals surface area contributed by atoms with Crippen molar-refractivity contribution < 1.29 is 31.1 Å². The molecule has 4 nitrogen and oxygen atoms in total. The number of aromatic nitrogens is 1. The van der Waals surface area contributed by atoms with Gasteiger partial charge in [0.1, 0.15) is 0 Å². The Labute approximate surface area is 141 Å². The van der Waals surface area contributed by atoms with E-state index in [4.69, 9.17) is 0 Å². The smallest absolute Gasteiger partial charge is 0.393 e. The number of halogens is 6. The van der Waals surface area contributed by atoms with E-state index < -0.39 is 36.3 Å². The van der Waals surface area contributed by atoms with E-state index in [-0.39, 0.29) is 24.3 Å². The molecule has 1 aliphatic heterocycles. The molecule has 2 N–H and O–H groups in total. The highest BCUT2D eigenvalue weighted by Crippen LogP contribution is 2.39. The molecule has 0 saturated heterocycles. The van der Waals surface area contributed by atoms with Crippen LogP contribution in [0.1, 0.15) is 26.3 Å². The Kier molecular flexibility index (Phi) is 5.29. The molecule has 2 atom stereocenters. The predicted octanol–water partition coefficient (Wildman–Crippen LogP) is 4.38. The quantitative estimate of drug-likeness (QED) is 0.772. The maximum atomic E-state index is 13.2. The molecule has 1 aliphatic rings. The first-order chi connectivity index (χ1) is 11.4. The van der Waals surface area contributed by atoms with Crippen molar-refractivity contribution in [2.45, 2.75) is 51.7 Å². The molecule has 2 heterocycles. The van der Waals surface area contributed by atoms with Gasteiger partial charge in [-0.2, -0.15) is 22.5 Å². The van der Waals surface area contributed by atoms with Crippen molar-refractivity contribution in [2.24, 2.45) is 5.92 Å². The summed E-state index contributed by atoms with van der Waals surface area (Å²) in [7, 11) is 0. The lowest BCUT2D eigenvalue weighted by molar-refractivity contribution is -0.170. The van der Waals surface area contributed by atoms with Gasteiger partial charge in [-0.25, -0.2) is 8.78 Å². The maximum Gasteiger partial charge on any atom is 0.393 e. The number of nitrogens with one attached hydrogen (secondary N) is 2. The zero-order valence-corrected chi connectivity index (χ0v) is 13.8. The van der Waals surface area contributed by atoms with Crippen molar-refractivity contribution in [1.82, 2.24) is 4.98 Å². The predicted molar refractivity (Wildman–Crippen MR) is 80.9 cm³/mol. The number of nitrogens with zero attached hydrogens (tertiary/aromatic N) is 1. The molecule has 0 spiro atoms. The molecule has 142 valence electrons. The van der Waals surface area contributed by atoms with E-state index in [9.17, 15) is 26.3 Å². The maximum absolute atomic E-state index is 13.2. The van der Waals surface area contributed by atoms with Crippen LogP contribution in [0.3, 0.4) is 0 Å². The fourth-order valence-corrected chi connectivity index (χ4v) is 2.40. The third kappa shape index (κ3) is 5.05. The normalized spacial score (nSPS) is 19.2. The minimum Gasteiger partial charge on any atom is -0.437 e. The first-order valence-corrected chi connectivity index (χ1v) is 7.58. The molecule has 0 bridgehead atoms. The molecule has 10 heteroatoms. The largest absolute Gasteiger partial charge is 0.437 e. The molecule has 1 aromatic heterocycles. The summed E-state index contributed by atoms with van der Waals surface area (Å²) in [6.45, 7) is 5.02. The van der Waals surface area contributed by atoms with E-state index in [0.717, 1.165) is 6.07 Å². The van der Waals surface area contributed by atoms with Crippen molar-refractivity contribution in [2.75, 3.05) is 17.2 Å². The minimum atomic E-state index is -4.42. The zero-order chi connectivity index (χ0) is 19.0. The Morgan fingerprint density at radius 2 is 1.88 bits per heavy atom. The molecule has 0 saturated carbocycles. The highest BCUT2D eigenvalue weighted by molar-refractivity contribution is 5.71. The Hall–Kier alpha value is -1.87. The lowest BCUT2D eigenvalue weighted by Crippen LogP contribution is -2.36. The SMILES string of the molecule is CC(C)(C)Nc1nc(OC(F)C(F)F)cc2c1NCC(C(F)(F)F)C2. The molecule has 0 aliphatic carbocycles. The number of fused-ring (bicyclic) bond motifs is 1. The summed E-state index contributed by atoms with van der Waals surface area (Å²) in [5, 5.41) is 5.63. The van der Waals surface area contributed by atoms with Crippen molar-refractivity contribution >= 4 is 11.5 Å². The number of rotatable bonds is 4. The summed E-state index contributed by atoms with van der Waals surface area (Å²) in [6, 6.07) is 1.06. The molecule has 0 aromatic carbocycles. The molecule has 2 unspecified atom stereocenters. The van der Waals surface area contributed by atoms with Gasteiger partial charge in [0, 0.05) is 18.2 Å². The molecular weight excluding hydrogens is 352 g/mol. The Bertz CT molecular complexity index is 615. The van der Waals surface area contributed by atoms with Gasteiger partial charge in [0.05, 0.1) is 11.6 Å². The van der Waals surface area contributed by atoms with E-state index in [2.05, 4.69) is 20.4 Å². The number of ether oxygens (including phenoxy) is 1. The summed E-state index contributed by atoms with van der Waals surface area (Å²) >= 11 is 0. The van der Waals surface area contributed by atoms with E-state index in [0.29, 0.717) is 5.69 Å². The minimum absolute atomic E-state index is 0.127. The first kappa shape index (κ1) is 19.5. The van der Waals surface area contributed by atoms with Gasteiger partial charge in [0.15, 0.2) is 5.82 Å². The standard InChI is InChI=1S/C15H19F6N3O/c1-14(2,3)24-13-10-7(4-8(6-22-10)15(19,20)21)5-9(23-13)25-12(18)11(16)17/h5,8,11-12,22H,4,6H2,1-3H3,(H,23,24). The van der Waals surface area contributed by atoms with E-state index in [1.54, 1.807) is 20.8 Å². The molecule has 0 radical (unpaired) electrons. The summed E-state index contributed by atoms with van der Waals surface area (Å²) in [6.07, 6.45) is -11.1. The van der Waals surface area contributed by atoms with Crippen molar-refractivity contribution in [1.29, 1.82) is 0 Å². The van der Waals surface area contributed by atoms with Crippen LogP contribution < -0.4 is 15.4 Å². The van der Waals surface area contributed by atoms with Crippen LogP contribution >= 0.6 is 0 Å². The van der Waals surface area contributed by atoms with E-state index >= 15 is 0 Å². The van der Waals surface area contributed by atoms with Gasteiger partial charge in [-0.15, -0.1) is 0 Å². The zero-order valence-electron chi connectivity index (χ0n) is 13.8. The number of hydrogen-bond acceptors (Lipinski definition) is 4. The van der Waals surface area contributed by atoms with E-state index in [1.807, 2.05) is 0 Å². The van der Waals surface area contributed by atoms with Crippen molar-refractivity contribution in [3.8, 4) is 5.88 Å². The number of hydrogen-bond donors (Lipinski definition) is 2. The third-order valence-electron chi connectivity index (χ3n) is 3.46. The van der Waals surface area contributed by atoms with Gasteiger partial charge in [0.25, 0.3) is 6.36 Å². The van der Waals surface area contributed by atoms with Crippen LogP contribution in [-0.4, -0.2) is 36.0 Å². The third-order valence-corrected chi connectivity index (χ3v) is 3.46. The second-order valence-electron chi connectivity index (χ2n) is 6.85. The van der Waals surface area contributed by atoms with Crippen LogP contribution in [0.5, 0.6) is 5.88 Å². The first-order valence-electron chi connectivity index (χ1n) is 7.58. The molecule has 0 amide bonds. The molecular formula is C15H19F6N3O. The lowest BCUT2D eigenvalue weighted by atomic mass is 9.93. The summed E-state index contributed by atoms with van der Waals surface area (Å²) < 4.78 is 81.2. The van der Waals surface area contributed by atoms with Gasteiger partial charge in [-0.05, 0) is 32.8 Å². The molecule has 1 aromatic rings. The Morgan fingerprint density at radius 3 is 2.40 bits per heavy atom. The second kappa shape index (κ2) is 6.80. The van der Waals surface area contributed by atoms with Gasteiger partial charge in [-0.1, -0.05) is 0 Å². The van der Waals surface area contributed by atoms with Crippen LogP contribution in [-0.2, 0) is 6.42 Å². The summed E-state index contributed by atoms with van der Waals surface area (Å²) in [5.41, 5.74) is -0.0122. The van der Waals surface area contributed by atoms with Crippen molar-refractivity contribution in [3.05, 3.63) is 11.6 Å². The highest BCUT2D eigenvalue weighted by atomic mass is 19.4. The monoisotopic (exact) mass is 371 g/mol. The van der Waals surface area contributed by atoms with Crippen LogP contribution in [0, 0.1) is 5.92 Å². The lowest BCUT2D eigenvalue weighted by Gasteiger charge is -2.31. The van der Waals surface area contributed by atoms with Crippen LogP contribution in [0.4, 0.5) is 37.8 Å². The highest BCUT2D eigenvalue weighted by Gasteiger charge is 2.42. The summed E-state index contributed by atoms with van der Waals surface area (Å²) in [5.74, 6) is -2.01. The van der Waals surface area contributed by atoms with Gasteiger partial charge in [-0.3, -0.25) is 0 Å². The Morgan fingerprint density at radius 1 is 1.24 bits per heavy atom. The molecule has 25 heavy (non-hydrogen) atoms.